The highest BCUT2D eigenvalue weighted by Crippen LogP contribution is 2.29. The third kappa shape index (κ3) is 3.00. The first-order chi connectivity index (χ1) is 8.18. The zero-order chi connectivity index (χ0) is 12.1. The van der Waals surface area contributed by atoms with Crippen LogP contribution in [-0.4, -0.2) is 0 Å². The summed E-state index contributed by atoms with van der Waals surface area (Å²) in [4.78, 5) is 0. The molecule has 0 aliphatic heterocycles. The molecule has 2 aromatic carbocycles. The summed E-state index contributed by atoms with van der Waals surface area (Å²) in [6, 6.07) is 16.9. The molecule has 0 spiro atoms. The largest absolute Gasteiger partial charge is 0.292 e. The lowest BCUT2D eigenvalue weighted by molar-refractivity contribution is 0.0531. The Balaban J connectivity index is 2.21. The van der Waals surface area contributed by atoms with E-state index in [1.807, 2.05) is 18.2 Å². The number of allylic oxidation sites excluding steroid dienone is 1. The van der Waals surface area contributed by atoms with Gasteiger partial charge >= 0.3 is 0 Å². The van der Waals surface area contributed by atoms with Crippen molar-refractivity contribution in [3.63, 3.8) is 0 Å². The predicted molar refractivity (Wildman–Crippen MR) is 65.8 cm³/mol. The Morgan fingerprint density at radius 1 is 0.765 bits per heavy atom. The molecule has 86 valence electrons. The Bertz CT molecular complexity index is 487. The van der Waals surface area contributed by atoms with Gasteiger partial charge in [0.05, 0.1) is 0 Å². The van der Waals surface area contributed by atoms with Crippen molar-refractivity contribution in [1.29, 1.82) is 0 Å². The van der Waals surface area contributed by atoms with E-state index in [0.29, 0.717) is 0 Å². The zero-order valence-electron chi connectivity index (χ0n) is 9.18. The molecule has 2 heteroatoms. The minimum atomic E-state index is -2.93. The molecular formula is C15H12F2. The van der Waals surface area contributed by atoms with Crippen molar-refractivity contribution in [1.82, 2.24) is 0 Å². The Kier molecular flexibility index (Phi) is 3.33. The molecule has 0 nitrogen and oxygen atoms in total. The van der Waals surface area contributed by atoms with Crippen molar-refractivity contribution in [2.45, 2.75) is 5.92 Å². The summed E-state index contributed by atoms with van der Waals surface area (Å²) in [5.41, 5.74) is 0.773. The van der Waals surface area contributed by atoms with Gasteiger partial charge < -0.3 is 0 Å². The van der Waals surface area contributed by atoms with Gasteiger partial charge in [-0.15, -0.1) is 0 Å². The Morgan fingerprint density at radius 3 is 1.88 bits per heavy atom. The smallest absolute Gasteiger partial charge is 0.197 e. The topological polar surface area (TPSA) is 0 Å². The first-order valence-electron chi connectivity index (χ1n) is 5.36. The van der Waals surface area contributed by atoms with Crippen molar-refractivity contribution >= 4 is 6.08 Å². The van der Waals surface area contributed by atoms with Gasteiger partial charge in [-0.1, -0.05) is 66.7 Å². The van der Waals surface area contributed by atoms with Crippen LogP contribution in [0.25, 0.3) is 6.08 Å². The maximum Gasteiger partial charge on any atom is 0.292 e. The van der Waals surface area contributed by atoms with E-state index in [0.717, 1.165) is 11.6 Å². The van der Waals surface area contributed by atoms with E-state index in [-0.39, 0.29) is 5.56 Å². The molecule has 0 amide bonds. The van der Waals surface area contributed by atoms with E-state index in [9.17, 15) is 8.78 Å². The fraction of sp³-hybridized carbons (Fsp3) is 0.0667. The van der Waals surface area contributed by atoms with Crippen LogP contribution < -0.4 is 0 Å². The molecule has 0 heterocycles. The van der Waals surface area contributed by atoms with E-state index < -0.39 is 5.92 Å². The molecule has 0 aliphatic carbocycles. The van der Waals surface area contributed by atoms with Gasteiger partial charge in [0.15, 0.2) is 0 Å². The summed E-state index contributed by atoms with van der Waals surface area (Å²) < 4.78 is 27.5. The van der Waals surface area contributed by atoms with Crippen LogP contribution in [0, 0.1) is 0 Å². The minimum Gasteiger partial charge on any atom is -0.197 e. The molecule has 0 radical (unpaired) electrons. The Morgan fingerprint density at radius 2 is 1.29 bits per heavy atom. The third-order valence-electron chi connectivity index (χ3n) is 2.44. The molecule has 2 aromatic rings. The average Bonchev–Trinajstić information content (AvgIpc) is 2.39. The summed E-state index contributed by atoms with van der Waals surface area (Å²) in [5, 5.41) is 0. The molecule has 0 fully saturated rings. The summed E-state index contributed by atoms with van der Waals surface area (Å²) in [7, 11) is 0. The minimum absolute atomic E-state index is 0.00665. The highest BCUT2D eigenvalue weighted by atomic mass is 19.3. The van der Waals surface area contributed by atoms with E-state index >= 15 is 0 Å². The van der Waals surface area contributed by atoms with Gasteiger partial charge in [0.25, 0.3) is 5.92 Å². The predicted octanol–water partition coefficient (Wildman–Crippen LogP) is 4.49. The fourth-order valence-electron chi connectivity index (χ4n) is 1.52. The highest BCUT2D eigenvalue weighted by Gasteiger charge is 2.27. The molecule has 0 bridgehead atoms. The van der Waals surface area contributed by atoms with Crippen LogP contribution in [0.15, 0.2) is 66.7 Å². The molecule has 0 saturated heterocycles. The monoisotopic (exact) mass is 230 g/mol. The molecule has 0 saturated carbocycles. The van der Waals surface area contributed by atoms with Crippen LogP contribution in [0.5, 0.6) is 0 Å². The number of alkyl halides is 2. The van der Waals surface area contributed by atoms with Crippen molar-refractivity contribution in [3.8, 4) is 0 Å². The maximum absolute atomic E-state index is 13.8. The van der Waals surface area contributed by atoms with Gasteiger partial charge in [0.2, 0.25) is 0 Å². The summed E-state index contributed by atoms with van der Waals surface area (Å²) >= 11 is 0. The van der Waals surface area contributed by atoms with Gasteiger partial charge in [-0.2, -0.15) is 8.78 Å². The Hall–Kier alpha value is -1.96. The second kappa shape index (κ2) is 4.91. The lowest BCUT2D eigenvalue weighted by Gasteiger charge is -2.11. The summed E-state index contributed by atoms with van der Waals surface area (Å²) in [5.74, 6) is -2.93. The molecule has 0 N–H and O–H groups in total. The quantitative estimate of drug-likeness (QED) is 0.728. The van der Waals surface area contributed by atoms with Crippen LogP contribution in [0.1, 0.15) is 11.1 Å². The van der Waals surface area contributed by atoms with Crippen LogP contribution in [-0.2, 0) is 5.92 Å². The number of hydrogen-bond acceptors (Lipinski definition) is 0. The molecule has 2 rings (SSSR count). The second-order valence-electron chi connectivity index (χ2n) is 3.73. The second-order valence-corrected chi connectivity index (χ2v) is 3.73. The lowest BCUT2D eigenvalue weighted by Crippen LogP contribution is -2.08. The van der Waals surface area contributed by atoms with Gasteiger partial charge in [-0.25, -0.2) is 0 Å². The zero-order valence-corrected chi connectivity index (χ0v) is 9.18. The maximum atomic E-state index is 13.8. The first kappa shape index (κ1) is 11.5. The van der Waals surface area contributed by atoms with Crippen molar-refractivity contribution < 1.29 is 8.78 Å². The number of benzene rings is 2. The summed E-state index contributed by atoms with van der Waals surface area (Å²) in [6.07, 6.45) is 2.37. The average molecular weight is 230 g/mol. The number of rotatable bonds is 3. The summed E-state index contributed by atoms with van der Waals surface area (Å²) in [6.45, 7) is 0. The highest BCUT2D eigenvalue weighted by molar-refractivity contribution is 5.50. The lowest BCUT2D eigenvalue weighted by atomic mass is 10.1. The van der Waals surface area contributed by atoms with Crippen LogP contribution >= 0.6 is 0 Å². The van der Waals surface area contributed by atoms with Crippen molar-refractivity contribution in [3.05, 3.63) is 77.9 Å². The molecule has 0 aromatic heterocycles. The molecular weight excluding hydrogens is 218 g/mol. The van der Waals surface area contributed by atoms with Crippen molar-refractivity contribution in [2.75, 3.05) is 0 Å². The normalized spacial score (nSPS) is 11.9. The van der Waals surface area contributed by atoms with E-state index in [1.165, 1.54) is 18.2 Å². The van der Waals surface area contributed by atoms with Gasteiger partial charge in [-0.05, 0) is 11.6 Å². The van der Waals surface area contributed by atoms with Crippen LogP contribution in [0.4, 0.5) is 8.78 Å². The van der Waals surface area contributed by atoms with Gasteiger partial charge in [0, 0.05) is 5.56 Å². The molecule has 0 unspecified atom stereocenters. The van der Waals surface area contributed by atoms with E-state index in [2.05, 4.69) is 0 Å². The van der Waals surface area contributed by atoms with Crippen molar-refractivity contribution in [2.24, 2.45) is 0 Å². The fourth-order valence-corrected chi connectivity index (χ4v) is 1.52. The van der Waals surface area contributed by atoms with Gasteiger partial charge in [0.1, 0.15) is 0 Å². The Labute approximate surface area is 99.2 Å². The standard InChI is InChI=1S/C15H12F2/c16-15(17,14-9-5-2-6-10-14)12-11-13-7-3-1-4-8-13/h1-12H/b12-11-. The third-order valence-corrected chi connectivity index (χ3v) is 2.44. The number of hydrogen-bond donors (Lipinski definition) is 0. The molecule has 17 heavy (non-hydrogen) atoms. The van der Waals surface area contributed by atoms with E-state index in [1.54, 1.807) is 30.3 Å². The first-order valence-corrected chi connectivity index (χ1v) is 5.36. The molecule has 0 aliphatic rings. The molecule has 0 atom stereocenters. The van der Waals surface area contributed by atoms with Gasteiger partial charge in [-0.3, -0.25) is 0 Å². The number of halogens is 2. The van der Waals surface area contributed by atoms with Crippen LogP contribution in [0.2, 0.25) is 0 Å². The van der Waals surface area contributed by atoms with E-state index in [4.69, 9.17) is 0 Å². The van der Waals surface area contributed by atoms with Crippen LogP contribution in [0.3, 0.4) is 0 Å². The SMILES string of the molecule is FC(F)(/C=C\c1ccccc1)c1ccccc1.